The molecule has 24 nitrogen and oxygen atoms in total. The van der Waals surface area contributed by atoms with Crippen molar-refractivity contribution in [3.05, 3.63) is 139 Å². The van der Waals surface area contributed by atoms with E-state index in [2.05, 4.69) is 0 Å². The zero-order valence-corrected chi connectivity index (χ0v) is 80.8. The molecule has 18 unspecified atom stereocenters. The molecule has 0 aromatic heterocycles. The van der Waals surface area contributed by atoms with Gasteiger partial charge in [0, 0.05) is 205 Å². The molecule has 0 amide bonds. The van der Waals surface area contributed by atoms with E-state index in [0.717, 1.165) is 52.5 Å². The van der Waals surface area contributed by atoms with Gasteiger partial charge in [-0.25, -0.2) is 0 Å². The molecule has 0 radical (unpaired) electrons. The molecule has 18 rings (SSSR count). The van der Waals surface area contributed by atoms with E-state index < -0.39 is 539 Å². The Morgan fingerprint density at radius 1 is 0.284 bits per heavy atom. The van der Waals surface area contributed by atoms with Crippen molar-refractivity contribution in [2.75, 3.05) is 163 Å². The summed E-state index contributed by atoms with van der Waals surface area (Å²) in [7, 11) is 4.46. The van der Waals surface area contributed by atoms with Gasteiger partial charge in [0.2, 0.25) is 0 Å². The average molecular weight is 2050 g/mol. The maximum Gasteiger partial charge on any atom is 0.161 e. The summed E-state index contributed by atoms with van der Waals surface area (Å²) in [4.78, 5) is 2.84. The summed E-state index contributed by atoms with van der Waals surface area (Å²) in [5.74, 6) is -25.6. The smallest absolute Gasteiger partial charge is 0.161 e. The first-order valence-corrected chi connectivity index (χ1v) is 43.9. The summed E-state index contributed by atoms with van der Waals surface area (Å²) in [6.07, 6.45) is -73.9. The minimum Gasteiger partial charge on any atom is -0.493 e. The highest BCUT2D eigenvalue weighted by molar-refractivity contribution is 5.55. The largest absolute Gasteiger partial charge is 0.493 e. The van der Waals surface area contributed by atoms with Crippen LogP contribution in [0.2, 0.25) is 0 Å². The summed E-state index contributed by atoms with van der Waals surface area (Å²) in [6, 6.07) is -22.6. The van der Waals surface area contributed by atoms with Gasteiger partial charge in [0.05, 0.1) is 155 Å². The molecule has 0 bridgehead atoms. The lowest BCUT2D eigenvalue weighted by Gasteiger charge is -2.47. The van der Waals surface area contributed by atoms with E-state index >= 15 is 0 Å². The van der Waals surface area contributed by atoms with Gasteiger partial charge in [0.15, 0.2) is 69.0 Å². The number of fused-ring (bicyclic) bond motifs is 18. The van der Waals surface area contributed by atoms with Gasteiger partial charge < -0.3 is 87.5 Å². The molecule has 6 fully saturated rings. The van der Waals surface area contributed by atoms with Crippen molar-refractivity contribution in [1.29, 1.82) is 0 Å². The molecule has 12 heterocycles. The number of aliphatic hydroxyl groups is 6. The third-order valence-electron chi connectivity index (χ3n) is 22.2. The molecular weight excluding hydrogens is 1780 g/mol. The lowest BCUT2D eigenvalue weighted by atomic mass is 9.75. The quantitative estimate of drug-likeness (QED) is 0.0392. The van der Waals surface area contributed by atoms with Gasteiger partial charge >= 0.3 is 0 Å². The molecule has 18 atom stereocenters. The van der Waals surface area contributed by atoms with Gasteiger partial charge in [0.1, 0.15) is 0 Å². The van der Waals surface area contributed by atoms with Crippen molar-refractivity contribution in [2.45, 2.75) is 291 Å². The summed E-state index contributed by atoms with van der Waals surface area (Å²) in [5, 5.41) is 67.9. The Balaban J connectivity index is 0.000000220. The van der Waals surface area contributed by atoms with Crippen molar-refractivity contribution in [3.8, 4) is 69.0 Å². The third-order valence-corrected chi connectivity index (χ3v) is 22.2. The fourth-order valence-corrected chi connectivity index (χ4v) is 16.1. The molecule has 786 valence electrons. The van der Waals surface area contributed by atoms with Crippen LogP contribution >= 0.6 is 0 Å². The van der Waals surface area contributed by atoms with Crippen molar-refractivity contribution in [3.63, 3.8) is 0 Å². The molecule has 6 saturated heterocycles. The maximum absolute atomic E-state index is 11.5. The minimum atomic E-state index is -4.20. The molecule has 0 spiro atoms. The summed E-state index contributed by atoms with van der Waals surface area (Å²) in [6.45, 7) is -37.7. The minimum absolute atomic E-state index is 0.117. The first-order valence-electron chi connectivity index (χ1n) is 88.9. The van der Waals surface area contributed by atoms with Crippen LogP contribution in [0.1, 0.15) is 406 Å². The number of rotatable bonds is 21. The zero-order chi connectivity index (χ0) is 181. The zero-order valence-electron chi connectivity index (χ0n) is 171. The fourth-order valence-electron chi connectivity index (χ4n) is 16.1. The Kier molecular flexibility index (Phi) is 14.5. The van der Waals surface area contributed by atoms with E-state index in [0.29, 0.717) is 25.7 Å². The highest BCUT2D eigenvalue weighted by Gasteiger charge is 2.47. The van der Waals surface area contributed by atoms with Crippen molar-refractivity contribution in [2.24, 2.45) is 69.4 Å². The van der Waals surface area contributed by atoms with Gasteiger partial charge in [-0.1, -0.05) is 103 Å². The summed E-state index contributed by atoms with van der Waals surface area (Å²) in [5.41, 5.74) is -19.5. The first kappa shape index (κ1) is 42.2. The van der Waals surface area contributed by atoms with Crippen molar-refractivity contribution in [1.82, 2.24) is 29.4 Å². The molecular formula is C117H180N6O18. The molecule has 141 heavy (non-hydrogen) atoms. The fraction of sp³-hybridized carbons (Fsp3) is 0.692. The van der Waals surface area contributed by atoms with E-state index in [-0.39, 0.29) is 74.7 Å². The SMILES string of the molecule is [2H]c1c(OC([2H])([2H])[2H])c(OC)c([2H])c2c1C1N(CC([2H])(C([2H])([2H])C(C)(C([2H])([2H])[2H])C([2H])([2H])[2H])C([2H])(O)C1([2H])[2H])C([2H])([2H])C2([2H])[2H].[2H]c1c(OC([2H])([2H])[2H])c(OC)c([2H])c2c1C1N(CC([2H])(CC(C)C)C([2H])(O)C1([2H])[2H])C([2H])([2H])C2([2H])[2H].[2H]c1c(OC)c(OC)c([2H])c2c1C1N(CC([2H])(C([2H])([2H])C(C)(C([2H])([2H])[2H])C([2H])([2H])[2H])C([2H])(O)C1([2H])[2H])C([2H])([2H])C2([2H])[2H].[2H]c1c(OC)c(OC)c([2H])c2c1C1N(CC([2H])(C([2H])([2H])C(C)(C([2H])([2H])[2H])C([2H])([2H])[2H])C([2H])(O)C1([2H])[2H])C([2H])([2H])C2([2H])[2H].[2H]c1c(OC)c(OC)c([2H])c2c1C1N(CC([2H])(CC(C)C)C([2H])(O)C1([2H])[2H])C([2H])([2H])C2([2H])[2H].[2H]c1c(OC)c(OC)c([2H])c2c1C1N(CC([2H])(CC(C)C)C([2H])(O)C1([2H])[2H])C([2H])([2H])C2([2H])[2H]. The van der Waals surface area contributed by atoms with Gasteiger partial charge in [0.25, 0.3) is 0 Å². The number of hydrogen-bond donors (Lipinski definition) is 6. The molecule has 12 aliphatic heterocycles. The van der Waals surface area contributed by atoms with Crippen LogP contribution in [0.5, 0.6) is 69.0 Å². The number of hydrogen-bond acceptors (Lipinski definition) is 24. The van der Waals surface area contributed by atoms with Gasteiger partial charge in [-0.2, -0.15) is 0 Å². The average Bonchev–Trinajstić information content (AvgIpc) is 0.652. The van der Waals surface area contributed by atoms with Crippen LogP contribution in [0.3, 0.4) is 0 Å². The van der Waals surface area contributed by atoms with Crippen LogP contribution in [-0.2, 0) is 38.2 Å². The molecule has 6 aromatic rings. The van der Waals surface area contributed by atoms with E-state index in [1.165, 1.54) is 28.4 Å². The Labute approximate surface area is 972 Å². The Morgan fingerprint density at radius 3 is 0.596 bits per heavy atom. The monoisotopic (exact) mass is 2050 g/mol. The normalized spacial score (nSPS) is 50.5. The van der Waals surface area contributed by atoms with E-state index in [1.807, 2.05) is 0 Å². The van der Waals surface area contributed by atoms with Gasteiger partial charge in [-0.05, 0) is 323 Å². The number of piperidine rings is 6. The van der Waals surface area contributed by atoms with Crippen LogP contribution in [0, 0.1) is 69.4 Å². The molecule has 0 aliphatic carbocycles. The highest BCUT2D eigenvalue weighted by atomic mass is 16.5. The predicted octanol–water partition coefficient (Wildman–Crippen LogP) is 19.3. The van der Waals surface area contributed by atoms with Crippen molar-refractivity contribution < 1.29 is 211 Å². The molecule has 12 aliphatic rings. The van der Waals surface area contributed by atoms with Crippen LogP contribution in [0.15, 0.2) is 72.5 Å². The highest BCUT2D eigenvalue weighted by Crippen LogP contribution is 2.53. The standard InChI is InChI=1S/3C20H31NO3.3C19H29NO3/c3*1-20(2,3)11-14-12-21-7-6-13-8-18(23-4)19(24-5)9-15(13)16(21)10-17(14)22;3*1-12(2)7-14-11-20-6-5-13-8-18(22-3)19(23-4)9-15(13)16(20)10-17(14)21/h3*8-9,14,16-17,22H,6-7,10-12H2,1-5H3;3*8-9,12,14,16-17,21H,5-7,10-11H2,1-4H3/i1D3,2D3,5D3,6D2,7D2,8D,9D,10D2,11D2,14D,17D;2*1D3,2D3,6D2,7D2,8D,9D,10D2,11D2,14D,17D;4D3,5D2,6D2,8D,9D,10D2,14D,17D;2*5D2,6D2,8D,9D,10D2,14D,17D. The Bertz CT molecular complexity index is 9260. The predicted molar refractivity (Wildman–Crippen MR) is 561 cm³/mol. The second-order valence-corrected chi connectivity index (χ2v) is 34.8. The number of methoxy groups -OCH3 is 12. The molecule has 0 saturated carbocycles. The number of benzene rings is 6. The Hall–Kier alpha value is -7.56. The lowest BCUT2D eigenvalue weighted by molar-refractivity contribution is -0.0259. The van der Waals surface area contributed by atoms with Gasteiger partial charge in [-0.3, -0.25) is 29.4 Å². The Morgan fingerprint density at radius 2 is 0.440 bits per heavy atom. The van der Waals surface area contributed by atoms with E-state index in [9.17, 15) is 30.6 Å². The van der Waals surface area contributed by atoms with E-state index in [1.54, 1.807) is 41.5 Å². The van der Waals surface area contributed by atoms with Crippen molar-refractivity contribution >= 4 is 0 Å². The molecule has 6 N–H and O–H groups in total. The molecule has 24 heteroatoms. The van der Waals surface area contributed by atoms with Crippen LogP contribution in [-0.4, -0.2) is 260 Å². The third kappa shape index (κ3) is 26.9. The van der Waals surface area contributed by atoms with Crippen LogP contribution in [0.25, 0.3) is 0 Å². The van der Waals surface area contributed by atoms with E-state index in [4.69, 9.17) is 180 Å². The summed E-state index contributed by atoms with van der Waals surface area (Å²) < 4.78 is 823. The van der Waals surface area contributed by atoms with Crippen LogP contribution in [0.4, 0.5) is 0 Å². The topological polar surface area (TPSA) is 252 Å². The second kappa shape index (κ2) is 48.4. The van der Waals surface area contributed by atoms with Gasteiger partial charge in [-0.15, -0.1) is 0 Å². The molecule has 6 aromatic carbocycles. The maximum atomic E-state index is 11.5. The number of ether oxygens (including phenoxy) is 12. The lowest BCUT2D eigenvalue weighted by Crippen LogP contribution is -2.48. The number of nitrogens with zero attached hydrogens (tertiary/aromatic N) is 6. The second-order valence-electron chi connectivity index (χ2n) is 34.8. The summed E-state index contributed by atoms with van der Waals surface area (Å²) >= 11 is 0. The first-order chi connectivity index (χ1) is 102. The van der Waals surface area contributed by atoms with Crippen LogP contribution < -0.4 is 56.8 Å².